The second kappa shape index (κ2) is 7.76. The minimum absolute atomic E-state index is 0.179. The van der Waals surface area contributed by atoms with Crippen molar-refractivity contribution in [1.82, 2.24) is 4.72 Å². The number of rotatable bonds is 8. The highest BCUT2D eigenvalue weighted by molar-refractivity contribution is 9.10. The molecule has 18 heavy (non-hydrogen) atoms. The molecule has 0 saturated heterocycles. The predicted octanol–water partition coefficient (Wildman–Crippen LogP) is 2.55. The van der Waals surface area contributed by atoms with Gasteiger partial charge in [0.05, 0.1) is 10.2 Å². The summed E-state index contributed by atoms with van der Waals surface area (Å²) >= 11 is 3.36. The van der Waals surface area contributed by atoms with E-state index in [0.29, 0.717) is 18.8 Å². The highest BCUT2D eigenvalue weighted by Crippen LogP contribution is 2.23. The fourth-order valence-corrected chi connectivity index (χ4v) is 2.93. The zero-order valence-corrected chi connectivity index (χ0v) is 12.8. The third-order valence-electron chi connectivity index (χ3n) is 2.28. The maximum atomic E-state index is 11.5. The zero-order valence-electron chi connectivity index (χ0n) is 10.4. The largest absolute Gasteiger partial charge is 0.491 e. The smallest absolute Gasteiger partial charge is 0.211 e. The summed E-state index contributed by atoms with van der Waals surface area (Å²) in [4.78, 5) is 0. The van der Waals surface area contributed by atoms with Crippen molar-refractivity contribution in [3.63, 3.8) is 0 Å². The topological polar surface area (TPSA) is 55.4 Å². The lowest BCUT2D eigenvalue weighted by Crippen LogP contribution is -2.30. The Morgan fingerprint density at radius 3 is 2.72 bits per heavy atom. The first-order valence-electron chi connectivity index (χ1n) is 5.90. The Balaban J connectivity index is 2.29. The molecule has 0 fully saturated rings. The number of hydrogen-bond donors (Lipinski definition) is 1. The Morgan fingerprint density at radius 2 is 2.06 bits per heavy atom. The molecule has 0 saturated carbocycles. The first kappa shape index (κ1) is 15.5. The molecule has 4 nitrogen and oxygen atoms in total. The van der Waals surface area contributed by atoms with Crippen LogP contribution in [0, 0.1) is 0 Å². The molecule has 0 unspecified atom stereocenters. The Kier molecular flexibility index (Phi) is 6.67. The van der Waals surface area contributed by atoms with Crippen molar-refractivity contribution in [2.24, 2.45) is 0 Å². The Morgan fingerprint density at radius 1 is 1.33 bits per heavy atom. The van der Waals surface area contributed by atoms with Crippen LogP contribution in [-0.2, 0) is 10.0 Å². The molecule has 0 aliphatic rings. The summed E-state index contributed by atoms with van der Waals surface area (Å²) in [5.74, 6) is 0.892. The maximum Gasteiger partial charge on any atom is 0.211 e. The van der Waals surface area contributed by atoms with Crippen LogP contribution in [0.25, 0.3) is 0 Å². The van der Waals surface area contributed by atoms with Crippen molar-refractivity contribution in [2.45, 2.75) is 19.8 Å². The van der Waals surface area contributed by atoms with E-state index in [2.05, 4.69) is 20.7 Å². The molecule has 0 radical (unpaired) electrons. The number of unbranched alkanes of at least 4 members (excludes halogenated alkanes) is 1. The van der Waals surface area contributed by atoms with E-state index in [1.165, 1.54) is 0 Å². The molecule has 0 aromatic heterocycles. The molecule has 0 spiro atoms. The van der Waals surface area contributed by atoms with Gasteiger partial charge < -0.3 is 4.74 Å². The van der Waals surface area contributed by atoms with Crippen LogP contribution in [0.15, 0.2) is 28.7 Å². The molecule has 0 aliphatic heterocycles. The van der Waals surface area contributed by atoms with Crippen molar-refractivity contribution >= 4 is 26.0 Å². The molecule has 1 aromatic carbocycles. The highest BCUT2D eigenvalue weighted by atomic mass is 79.9. The Hall–Kier alpha value is -0.590. The molecule has 1 aromatic rings. The average Bonchev–Trinajstić information content (AvgIpc) is 2.34. The summed E-state index contributed by atoms with van der Waals surface area (Å²) in [6, 6.07) is 7.46. The van der Waals surface area contributed by atoms with Crippen LogP contribution in [0.4, 0.5) is 0 Å². The predicted molar refractivity (Wildman–Crippen MR) is 76.3 cm³/mol. The Bertz CT molecular complexity index is 462. The van der Waals surface area contributed by atoms with E-state index in [-0.39, 0.29) is 12.3 Å². The molecule has 1 rings (SSSR count). The number of hydrogen-bond acceptors (Lipinski definition) is 3. The minimum Gasteiger partial charge on any atom is -0.491 e. The van der Waals surface area contributed by atoms with Crippen LogP contribution >= 0.6 is 15.9 Å². The van der Waals surface area contributed by atoms with Crippen LogP contribution in [0.1, 0.15) is 19.8 Å². The highest BCUT2D eigenvalue weighted by Gasteiger charge is 2.08. The van der Waals surface area contributed by atoms with E-state index in [9.17, 15) is 8.42 Å². The van der Waals surface area contributed by atoms with Gasteiger partial charge in [-0.05, 0) is 34.5 Å². The van der Waals surface area contributed by atoms with Gasteiger partial charge in [-0.15, -0.1) is 0 Å². The summed E-state index contributed by atoms with van der Waals surface area (Å²) in [5.41, 5.74) is 0. The van der Waals surface area contributed by atoms with E-state index < -0.39 is 10.0 Å². The Labute approximate surface area is 117 Å². The molecular weight excluding hydrogens is 318 g/mol. The van der Waals surface area contributed by atoms with E-state index in [4.69, 9.17) is 4.74 Å². The average molecular weight is 336 g/mol. The monoisotopic (exact) mass is 335 g/mol. The van der Waals surface area contributed by atoms with E-state index in [1.54, 1.807) is 0 Å². The van der Waals surface area contributed by atoms with Gasteiger partial charge in [-0.1, -0.05) is 25.5 Å². The van der Waals surface area contributed by atoms with Crippen molar-refractivity contribution < 1.29 is 13.2 Å². The molecule has 0 amide bonds. The van der Waals surface area contributed by atoms with Gasteiger partial charge in [0.1, 0.15) is 12.4 Å². The van der Waals surface area contributed by atoms with Gasteiger partial charge in [-0.3, -0.25) is 0 Å². The van der Waals surface area contributed by atoms with Gasteiger partial charge in [0.25, 0.3) is 0 Å². The molecule has 0 heterocycles. The fourth-order valence-electron chi connectivity index (χ4n) is 1.33. The van der Waals surface area contributed by atoms with Crippen LogP contribution < -0.4 is 9.46 Å². The van der Waals surface area contributed by atoms with Crippen molar-refractivity contribution in [1.29, 1.82) is 0 Å². The lowest BCUT2D eigenvalue weighted by atomic mass is 10.3. The van der Waals surface area contributed by atoms with E-state index in [0.717, 1.165) is 10.9 Å². The molecule has 0 aliphatic carbocycles. The van der Waals surface area contributed by atoms with E-state index >= 15 is 0 Å². The maximum absolute atomic E-state index is 11.5. The van der Waals surface area contributed by atoms with Crippen molar-refractivity contribution in [3.05, 3.63) is 28.7 Å². The van der Waals surface area contributed by atoms with Gasteiger partial charge >= 0.3 is 0 Å². The molecule has 0 bridgehead atoms. The zero-order chi connectivity index (χ0) is 13.4. The van der Waals surface area contributed by atoms with Crippen LogP contribution in [0.3, 0.4) is 0 Å². The van der Waals surface area contributed by atoms with Gasteiger partial charge in [0, 0.05) is 6.54 Å². The summed E-state index contributed by atoms with van der Waals surface area (Å²) in [6.07, 6.45) is 1.55. The molecule has 1 N–H and O–H groups in total. The van der Waals surface area contributed by atoms with Crippen LogP contribution in [-0.4, -0.2) is 27.3 Å². The lowest BCUT2D eigenvalue weighted by Gasteiger charge is -2.09. The number of sulfonamides is 1. The van der Waals surface area contributed by atoms with Gasteiger partial charge in [-0.25, -0.2) is 13.1 Å². The molecule has 102 valence electrons. The number of nitrogens with one attached hydrogen (secondary N) is 1. The fraction of sp³-hybridized carbons (Fsp3) is 0.500. The van der Waals surface area contributed by atoms with E-state index in [1.807, 2.05) is 31.2 Å². The first-order valence-corrected chi connectivity index (χ1v) is 8.34. The third-order valence-corrected chi connectivity index (χ3v) is 4.41. The number of benzene rings is 1. The minimum atomic E-state index is -3.15. The van der Waals surface area contributed by atoms with Crippen molar-refractivity contribution in [2.75, 3.05) is 18.9 Å². The molecule has 0 atom stereocenters. The number of para-hydroxylation sites is 1. The normalized spacial score (nSPS) is 11.4. The number of halogens is 1. The summed E-state index contributed by atoms with van der Waals surface area (Å²) in [6.45, 7) is 2.56. The van der Waals surface area contributed by atoms with Crippen molar-refractivity contribution in [3.8, 4) is 5.75 Å². The standard InChI is InChI=1S/C12H18BrNO3S/c1-2-3-10-18(15,16)14-8-9-17-12-7-5-4-6-11(12)13/h4-7,14H,2-3,8-10H2,1H3. The van der Waals surface area contributed by atoms with Gasteiger partial charge in [0.15, 0.2) is 0 Å². The summed E-state index contributed by atoms with van der Waals surface area (Å²) < 4.78 is 31.8. The third kappa shape index (κ3) is 5.84. The van der Waals surface area contributed by atoms with Gasteiger partial charge in [0.2, 0.25) is 10.0 Å². The number of ether oxygens (including phenoxy) is 1. The summed E-state index contributed by atoms with van der Waals surface area (Å²) in [7, 11) is -3.15. The second-order valence-electron chi connectivity index (χ2n) is 3.85. The van der Waals surface area contributed by atoms with Crippen LogP contribution in [0.2, 0.25) is 0 Å². The second-order valence-corrected chi connectivity index (χ2v) is 6.63. The lowest BCUT2D eigenvalue weighted by molar-refractivity contribution is 0.321. The summed E-state index contributed by atoms with van der Waals surface area (Å²) in [5, 5.41) is 0. The first-order chi connectivity index (χ1) is 8.55. The molecule has 6 heteroatoms. The SMILES string of the molecule is CCCCS(=O)(=O)NCCOc1ccccc1Br. The quantitative estimate of drug-likeness (QED) is 0.743. The molecular formula is C12H18BrNO3S. The van der Waals surface area contributed by atoms with Crippen LogP contribution in [0.5, 0.6) is 5.75 Å². The van der Waals surface area contributed by atoms with Gasteiger partial charge in [-0.2, -0.15) is 0 Å².